The number of carbonyl (C=O) groups is 3. The van der Waals surface area contributed by atoms with E-state index >= 15 is 0 Å². The first-order chi connectivity index (χ1) is 7.46. The van der Waals surface area contributed by atoms with Crippen LogP contribution in [0.2, 0.25) is 0 Å². The third kappa shape index (κ3) is 1.42. The van der Waals surface area contributed by atoms with E-state index in [0.29, 0.717) is 12.8 Å². The van der Waals surface area contributed by atoms with Crippen molar-refractivity contribution in [1.82, 2.24) is 0 Å². The molecule has 2 fully saturated rings. The molecule has 1 heterocycles. The number of Topliss-reactive ketones (excluding diaryl/α,β-unsaturated/α-hetero) is 1. The molecule has 0 bridgehead atoms. The summed E-state index contributed by atoms with van der Waals surface area (Å²) in [6.45, 7) is 3.07. The number of carbonyl (C=O) groups excluding carboxylic acids is 3. The van der Waals surface area contributed by atoms with Gasteiger partial charge >= 0.3 is 11.9 Å². The molecule has 0 N–H and O–H groups in total. The van der Waals surface area contributed by atoms with E-state index in [-0.39, 0.29) is 12.4 Å². The lowest BCUT2D eigenvalue weighted by Gasteiger charge is -2.37. The molecular weight excluding hydrogens is 212 g/mol. The first kappa shape index (κ1) is 11.1. The quantitative estimate of drug-likeness (QED) is 0.607. The van der Waals surface area contributed by atoms with Gasteiger partial charge in [-0.2, -0.15) is 0 Å². The maximum absolute atomic E-state index is 11.7. The lowest BCUT2D eigenvalue weighted by atomic mass is 9.66. The van der Waals surface area contributed by atoms with E-state index in [9.17, 15) is 14.4 Å². The second kappa shape index (κ2) is 3.57. The van der Waals surface area contributed by atoms with E-state index < -0.39 is 29.4 Å². The molecule has 5 nitrogen and oxygen atoms in total. The molecule has 0 unspecified atom stereocenters. The largest absolute Gasteiger partial charge is 0.464 e. The minimum absolute atomic E-state index is 0.0248. The Hall–Kier alpha value is -1.39. The summed E-state index contributed by atoms with van der Waals surface area (Å²) in [5.74, 6) is -1.30. The Kier molecular flexibility index (Phi) is 2.48. The van der Waals surface area contributed by atoms with Crippen molar-refractivity contribution >= 4 is 17.7 Å². The summed E-state index contributed by atoms with van der Waals surface area (Å²) < 4.78 is 10.1. The first-order valence-electron chi connectivity index (χ1n) is 5.33. The smallest absolute Gasteiger partial charge is 0.316 e. The standard InChI is InChI=1S/C11H14O5/c1-6(12)16-9-4-3-8(13)7-5-15-10(14)11(7,9)2/h7,9H,3-5H2,1-2H3/t7-,9-,11-/m0/s1. The van der Waals surface area contributed by atoms with Crippen molar-refractivity contribution in [2.75, 3.05) is 6.61 Å². The Bertz CT molecular complexity index is 361. The number of cyclic esters (lactones) is 1. The third-order valence-electron chi connectivity index (χ3n) is 3.56. The van der Waals surface area contributed by atoms with Crippen LogP contribution in [0.4, 0.5) is 0 Å². The minimum Gasteiger partial charge on any atom is -0.464 e. The number of ether oxygens (including phenoxy) is 2. The summed E-state index contributed by atoms with van der Waals surface area (Å²) in [7, 11) is 0. The summed E-state index contributed by atoms with van der Waals surface area (Å²) >= 11 is 0. The number of rotatable bonds is 1. The van der Waals surface area contributed by atoms with Crippen LogP contribution in [0, 0.1) is 11.3 Å². The van der Waals surface area contributed by atoms with Gasteiger partial charge in [0.05, 0.1) is 5.92 Å². The van der Waals surface area contributed by atoms with E-state index in [1.54, 1.807) is 6.92 Å². The fraction of sp³-hybridized carbons (Fsp3) is 0.727. The molecule has 2 aliphatic rings. The molecule has 1 saturated carbocycles. The van der Waals surface area contributed by atoms with Gasteiger partial charge in [0, 0.05) is 13.3 Å². The molecule has 0 spiro atoms. The number of esters is 2. The fourth-order valence-electron chi connectivity index (χ4n) is 2.54. The average Bonchev–Trinajstić information content (AvgIpc) is 2.50. The van der Waals surface area contributed by atoms with E-state index in [1.165, 1.54) is 6.92 Å². The van der Waals surface area contributed by atoms with Crippen LogP contribution in [0.5, 0.6) is 0 Å². The SMILES string of the molecule is CC(=O)O[C@H]1CCC(=O)[C@@H]2COC(=O)[C@]12C. The second-order valence-corrected chi connectivity index (χ2v) is 4.54. The summed E-state index contributed by atoms with van der Waals surface area (Å²) in [6, 6.07) is 0. The van der Waals surface area contributed by atoms with Gasteiger partial charge in [0.1, 0.15) is 23.9 Å². The van der Waals surface area contributed by atoms with Gasteiger partial charge < -0.3 is 9.47 Å². The molecule has 0 radical (unpaired) electrons. The van der Waals surface area contributed by atoms with E-state index in [1.807, 2.05) is 0 Å². The maximum atomic E-state index is 11.7. The number of fused-ring (bicyclic) bond motifs is 1. The van der Waals surface area contributed by atoms with Gasteiger partial charge in [0.15, 0.2) is 0 Å². The molecule has 1 saturated heterocycles. The highest BCUT2D eigenvalue weighted by atomic mass is 16.6. The summed E-state index contributed by atoms with van der Waals surface area (Å²) in [5.41, 5.74) is -0.985. The molecule has 88 valence electrons. The van der Waals surface area contributed by atoms with Gasteiger partial charge in [-0.3, -0.25) is 14.4 Å². The molecule has 1 aliphatic carbocycles. The highest BCUT2D eigenvalue weighted by Crippen LogP contribution is 2.46. The predicted molar refractivity (Wildman–Crippen MR) is 52.4 cm³/mol. The highest BCUT2D eigenvalue weighted by Gasteiger charge is 2.60. The molecule has 0 amide bonds. The third-order valence-corrected chi connectivity index (χ3v) is 3.56. The van der Waals surface area contributed by atoms with Crippen molar-refractivity contribution in [3.8, 4) is 0 Å². The Balaban J connectivity index is 2.30. The molecule has 5 heteroatoms. The number of ketones is 1. The van der Waals surface area contributed by atoms with Crippen molar-refractivity contribution in [2.24, 2.45) is 11.3 Å². The molecular formula is C11H14O5. The van der Waals surface area contributed by atoms with Crippen LogP contribution < -0.4 is 0 Å². The Labute approximate surface area is 93.1 Å². The van der Waals surface area contributed by atoms with Crippen LogP contribution in [-0.4, -0.2) is 30.4 Å². The molecule has 2 rings (SSSR count). The maximum Gasteiger partial charge on any atom is 0.316 e. The summed E-state index contributed by atoms with van der Waals surface area (Å²) in [4.78, 5) is 34.4. The van der Waals surface area contributed by atoms with E-state index in [2.05, 4.69) is 0 Å². The molecule has 0 aromatic rings. The van der Waals surface area contributed by atoms with Gasteiger partial charge in [0.2, 0.25) is 0 Å². The van der Waals surface area contributed by atoms with Crippen LogP contribution in [-0.2, 0) is 23.9 Å². The summed E-state index contributed by atoms with van der Waals surface area (Å²) in [5, 5.41) is 0. The van der Waals surface area contributed by atoms with Crippen LogP contribution >= 0.6 is 0 Å². The van der Waals surface area contributed by atoms with E-state index in [4.69, 9.17) is 9.47 Å². The number of hydrogen-bond acceptors (Lipinski definition) is 5. The topological polar surface area (TPSA) is 69.7 Å². The lowest BCUT2D eigenvalue weighted by Crippen LogP contribution is -2.50. The van der Waals surface area contributed by atoms with Gasteiger partial charge in [-0.25, -0.2) is 0 Å². The Morgan fingerprint density at radius 3 is 2.81 bits per heavy atom. The second-order valence-electron chi connectivity index (χ2n) is 4.54. The van der Waals surface area contributed by atoms with Gasteiger partial charge in [-0.15, -0.1) is 0 Å². The Morgan fingerprint density at radius 1 is 1.50 bits per heavy atom. The summed E-state index contributed by atoms with van der Waals surface area (Å²) in [6.07, 6.45) is 0.206. The van der Waals surface area contributed by atoms with Crippen molar-refractivity contribution in [1.29, 1.82) is 0 Å². The van der Waals surface area contributed by atoms with Gasteiger partial charge in [0.25, 0.3) is 0 Å². The lowest BCUT2D eigenvalue weighted by molar-refractivity contribution is -0.169. The van der Waals surface area contributed by atoms with Crippen LogP contribution in [0.25, 0.3) is 0 Å². The molecule has 1 aliphatic heterocycles. The first-order valence-corrected chi connectivity index (χ1v) is 5.33. The normalized spacial score (nSPS) is 37.9. The monoisotopic (exact) mass is 226 g/mol. The van der Waals surface area contributed by atoms with Crippen LogP contribution in [0.3, 0.4) is 0 Å². The zero-order valence-corrected chi connectivity index (χ0v) is 9.32. The van der Waals surface area contributed by atoms with Crippen molar-refractivity contribution in [3.63, 3.8) is 0 Å². The highest BCUT2D eigenvalue weighted by molar-refractivity contribution is 5.93. The van der Waals surface area contributed by atoms with Crippen molar-refractivity contribution < 1.29 is 23.9 Å². The van der Waals surface area contributed by atoms with Crippen molar-refractivity contribution in [3.05, 3.63) is 0 Å². The molecule has 3 atom stereocenters. The molecule has 16 heavy (non-hydrogen) atoms. The predicted octanol–water partition coefficient (Wildman–Crippen LogP) is 0.460. The molecule has 0 aromatic carbocycles. The van der Waals surface area contributed by atoms with Gasteiger partial charge in [-0.05, 0) is 13.3 Å². The minimum atomic E-state index is -0.985. The van der Waals surface area contributed by atoms with Crippen LogP contribution in [0.15, 0.2) is 0 Å². The number of hydrogen-bond donors (Lipinski definition) is 0. The zero-order chi connectivity index (χ0) is 11.9. The van der Waals surface area contributed by atoms with Gasteiger partial charge in [-0.1, -0.05) is 0 Å². The zero-order valence-electron chi connectivity index (χ0n) is 9.32. The fourth-order valence-corrected chi connectivity index (χ4v) is 2.54. The van der Waals surface area contributed by atoms with Crippen LogP contribution in [0.1, 0.15) is 26.7 Å². The van der Waals surface area contributed by atoms with Crippen molar-refractivity contribution in [2.45, 2.75) is 32.8 Å². The Morgan fingerprint density at radius 2 is 2.19 bits per heavy atom. The average molecular weight is 226 g/mol. The van der Waals surface area contributed by atoms with E-state index in [0.717, 1.165) is 0 Å². The molecule has 0 aromatic heterocycles.